The summed E-state index contributed by atoms with van der Waals surface area (Å²) in [5.74, 6) is 0. The summed E-state index contributed by atoms with van der Waals surface area (Å²) >= 11 is 0. The maximum absolute atomic E-state index is 11.9. The van der Waals surface area contributed by atoms with Gasteiger partial charge in [-0.3, -0.25) is 4.18 Å². The van der Waals surface area contributed by atoms with Crippen molar-refractivity contribution in [3.63, 3.8) is 0 Å². The van der Waals surface area contributed by atoms with Gasteiger partial charge < -0.3 is 10.7 Å². The molecule has 0 aromatic carbocycles. The third-order valence-electron chi connectivity index (χ3n) is 9.24. The predicted octanol–water partition coefficient (Wildman–Crippen LogP) is 13.5. The van der Waals surface area contributed by atoms with E-state index in [1.807, 2.05) is 0 Å². The highest BCUT2D eigenvalue weighted by molar-refractivity contribution is 7.80. The largest absolute Gasteiger partial charge is 0.726 e. The summed E-state index contributed by atoms with van der Waals surface area (Å²) in [7, 11) is -4.72. The third kappa shape index (κ3) is 33.0. The molecule has 0 bridgehead atoms. The predicted molar refractivity (Wildman–Crippen MR) is 189 cm³/mol. The van der Waals surface area contributed by atoms with E-state index in [0.29, 0.717) is 19.3 Å². The first-order chi connectivity index (χ1) is 20.4. The first-order valence-corrected chi connectivity index (χ1v) is 20.4. The summed E-state index contributed by atoms with van der Waals surface area (Å²) in [4.78, 5) is 0. The van der Waals surface area contributed by atoms with Gasteiger partial charge in [-0.1, -0.05) is 213 Å². The Hall–Kier alpha value is -0.170. The van der Waals surface area contributed by atoms with Gasteiger partial charge in [0.2, 0.25) is 10.4 Å². The summed E-state index contributed by atoms with van der Waals surface area (Å²) in [6.45, 7) is 6.78. The van der Waals surface area contributed by atoms with Gasteiger partial charge in [0, 0.05) is 0 Å². The molecule has 43 heavy (non-hydrogen) atoms. The number of hydrogen-bond donors (Lipinski definition) is 1. The van der Waals surface area contributed by atoms with Gasteiger partial charge in [0.15, 0.2) is 0 Å². The van der Waals surface area contributed by atoms with E-state index in [4.69, 9.17) is 4.18 Å². The lowest BCUT2D eigenvalue weighted by molar-refractivity contribution is 0.0274. The van der Waals surface area contributed by atoms with Gasteiger partial charge in [-0.25, -0.2) is 8.42 Å². The Morgan fingerprint density at radius 2 is 0.581 bits per heavy atom. The summed E-state index contributed by atoms with van der Waals surface area (Å²) in [6.07, 6.45) is 39.7. The summed E-state index contributed by atoms with van der Waals surface area (Å²) < 4.78 is 41.2. The lowest BCUT2D eigenvalue weighted by Gasteiger charge is -2.35. The smallest absolute Gasteiger partial charge is 0.218 e. The monoisotopic (exact) mass is 634 g/mol. The highest BCUT2D eigenvalue weighted by atomic mass is 32.3. The normalized spacial score (nSPS) is 12.1. The molecule has 0 radical (unpaired) electrons. The lowest BCUT2D eigenvalue weighted by Crippen LogP contribution is -2.35. The van der Waals surface area contributed by atoms with Crippen LogP contribution in [0.3, 0.4) is 0 Å². The molecule has 0 spiro atoms. The fourth-order valence-corrected chi connectivity index (χ4v) is 7.20. The van der Waals surface area contributed by atoms with Crippen molar-refractivity contribution in [1.82, 2.24) is 6.15 Å². The average Bonchev–Trinajstić information content (AvgIpc) is 2.95. The van der Waals surface area contributed by atoms with Crippen LogP contribution >= 0.6 is 0 Å². The molecule has 0 atom stereocenters. The van der Waals surface area contributed by atoms with Gasteiger partial charge in [-0.2, -0.15) is 0 Å². The molecule has 0 aliphatic rings. The van der Waals surface area contributed by atoms with E-state index in [-0.39, 0.29) is 6.15 Å². The van der Waals surface area contributed by atoms with Gasteiger partial charge >= 0.3 is 0 Å². The molecule has 0 fully saturated rings. The molecule has 5 nitrogen and oxygen atoms in total. The minimum Gasteiger partial charge on any atom is -0.726 e. The van der Waals surface area contributed by atoms with Crippen LogP contribution in [0.15, 0.2) is 0 Å². The SMILES string of the molecule is CCCCCCCCCCCCC(CCCCCCCCCCCC)(CCCCCCCCCCCC)OS(=O)(=O)[O-].[NH4+]. The van der Waals surface area contributed by atoms with Crippen LogP contribution in [0.25, 0.3) is 0 Å². The summed E-state index contributed by atoms with van der Waals surface area (Å²) in [5.41, 5.74) is -0.791. The average molecular weight is 634 g/mol. The Labute approximate surface area is 271 Å². The van der Waals surface area contributed by atoms with E-state index in [0.717, 1.165) is 38.5 Å². The van der Waals surface area contributed by atoms with Crippen LogP contribution in [0.1, 0.15) is 233 Å². The molecule has 0 rings (SSSR count). The first kappa shape index (κ1) is 45.0. The first-order valence-electron chi connectivity index (χ1n) is 19.1. The van der Waals surface area contributed by atoms with Gasteiger partial charge in [-0.05, 0) is 19.3 Å². The minimum atomic E-state index is -4.72. The number of hydrogen-bond acceptors (Lipinski definition) is 4. The Kier molecular flexibility index (Phi) is 34.7. The summed E-state index contributed by atoms with van der Waals surface area (Å²) in [5, 5.41) is 0. The van der Waals surface area contributed by atoms with Crippen LogP contribution in [0, 0.1) is 0 Å². The molecule has 0 aliphatic carbocycles. The third-order valence-corrected chi connectivity index (χ3v) is 9.79. The number of quaternary nitrogens is 1. The van der Waals surface area contributed by atoms with Crippen molar-refractivity contribution in [2.24, 2.45) is 0 Å². The molecule has 0 saturated carbocycles. The van der Waals surface area contributed by atoms with Crippen LogP contribution in [0.5, 0.6) is 0 Å². The fraction of sp³-hybridized carbons (Fsp3) is 1.00. The highest BCUT2D eigenvalue weighted by Gasteiger charge is 2.32. The van der Waals surface area contributed by atoms with Crippen molar-refractivity contribution in [3.8, 4) is 0 Å². The van der Waals surface area contributed by atoms with Gasteiger partial charge in [-0.15, -0.1) is 0 Å². The Balaban J connectivity index is 0. The zero-order chi connectivity index (χ0) is 31.0. The zero-order valence-corrected chi connectivity index (χ0v) is 30.7. The number of rotatable bonds is 35. The second-order valence-corrected chi connectivity index (χ2v) is 14.5. The Morgan fingerprint density at radius 3 is 0.767 bits per heavy atom. The molecule has 0 aliphatic heterocycles. The van der Waals surface area contributed by atoms with Gasteiger partial charge in [0.05, 0.1) is 5.60 Å². The molecule has 0 amide bonds. The molecule has 4 N–H and O–H groups in total. The Morgan fingerprint density at radius 1 is 0.395 bits per heavy atom. The fourth-order valence-electron chi connectivity index (χ4n) is 6.52. The van der Waals surface area contributed by atoms with Crippen molar-refractivity contribution in [3.05, 3.63) is 0 Å². The van der Waals surface area contributed by atoms with Crippen LogP contribution < -0.4 is 6.15 Å². The molecule has 0 heterocycles. The molecule has 0 aromatic heterocycles. The van der Waals surface area contributed by atoms with Crippen molar-refractivity contribution < 1.29 is 17.2 Å². The van der Waals surface area contributed by atoms with E-state index in [2.05, 4.69) is 20.8 Å². The van der Waals surface area contributed by atoms with Crippen LogP contribution in [0.4, 0.5) is 0 Å². The molecular formula is C37H79NO4S. The topological polar surface area (TPSA) is 103 Å². The van der Waals surface area contributed by atoms with E-state index in [1.54, 1.807) is 0 Å². The van der Waals surface area contributed by atoms with Crippen LogP contribution in [-0.4, -0.2) is 18.6 Å². The van der Waals surface area contributed by atoms with Crippen LogP contribution in [-0.2, 0) is 14.6 Å². The molecular weight excluding hydrogens is 554 g/mol. The van der Waals surface area contributed by atoms with Crippen molar-refractivity contribution in [2.75, 3.05) is 0 Å². The number of unbranched alkanes of at least 4 members (excludes halogenated alkanes) is 27. The van der Waals surface area contributed by atoms with E-state index >= 15 is 0 Å². The maximum atomic E-state index is 11.9. The molecule has 0 saturated heterocycles. The maximum Gasteiger partial charge on any atom is 0.218 e. The standard InChI is InChI=1S/C37H76O4S.H3N/c1-4-7-10-13-16-19-22-25-28-31-34-37(41-42(38,39)40,35-32-29-26-23-20-17-14-11-8-5-2)36-33-30-27-24-21-18-15-12-9-6-3;/h4-36H2,1-3H3,(H,38,39,40);1H3. The zero-order valence-electron chi connectivity index (χ0n) is 29.9. The highest BCUT2D eigenvalue weighted by Crippen LogP contribution is 2.34. The molecule has 6 heteroatoms. The quantitative estimate of drug-likeness (QED) is 0.0426. The Bertz CT molecular complexity index is 581. The van der Waals surface area contributed by atoms with Crippen molar-refractivity contribution in [1.29, 1.82) is 0 Å². The second-order valence-electron chi connectivity index (χ2n) is 13.5. The van der Waals surface area contributed by atoms with E-state index in [1.165, 1.54) is 154 Å². The second kappa shape index (κ2) is 33.2. The molecule has 0 aromatic rings. The lowest BCUT2D eigenvalue weighted by atomic mass is 9.85. The van der Waals surface area contributed by atoms with E-state index in [9.17, 15) is 13.0 Å². The minimum absolute atomic E-state index is 0. The van der Waals surface area contributed by atoms with Gasteiger partial charge in [0.25, 0.3) is 0 Å². The van der Waals surface area contributed by atoms with Crippen LogP contribution in [0.2, 0.25) is 0 Å². The van der Waals surface area contributed by atoms with Gasteiger partial charge in [0.1, 0.15) is 0 Å². The summed E-state index contributed by atoms with van der Waals surface area (Å²) in [6, 6.07) is 0. The van der Waals surface area contributed by atoms with Crippen molar-refractivity contribution in [2.45, 2.75) is 238 Å². The van der Waals surface area contributed by atoms with E-state index < -0.39 is 16.0 Å². The molecule has 0 unspecified atom stereocenters. The molecule has 262 valence electrons. The van der Waals surface area contributed by atoms with Crippen molar-refractivity contribution >= 4 is 10.4 Å².